The van der Waals surface area contributed by atoms with E-state index in [4.69, 9.17) is 4.74 Å². The van der Waals surface area contributed by atoms with Gasteiger partial charge in [-0.15, -0.1) is 0 Å². The van der Waals surface area contributed by atoms with Crippen LogP contribution in [0.1, 0.15) is 17.3 Å². The van der Waals surface area contributed by atoms with Crippen LogP contribution in [0.4, 0.5) is 0 Å². The van der Waals surface area contributed by atoms with Crippen LogP contribution in [-0.2, 0) is 14.3 Å². The van der Waals surface area contributed by atoms with Gasteiger partial charge in [0.15, 0.2) is 6.61 Å². The normalized spacial score (nSPS) is 8.76. The van der Waals surface area contributed by atoms with E-state index >= 15 is 0 Å². The summed E-state index contributed by atoms with van der Waals surface area (Å²) in [6.45, 7) is 1.79. The number of aromatic nitrogens is 1. The van der Waals surface area contributed by atoms with E-state index in [9.17, 15) is 9.59 Å². The maximum Gasteiger partial charge on any atom is 0.384 e. The summed E-state index contributed by atoms with van der Waals surface area (Å²) >= 11 is 0. The van der Waals surface area contributed by atoms with E-state index in [2.05, 4.69) is 21.6 Å². The lowest BCUT2D eigenvalue weighted by atomic mass is 10.3. The van der Waals surface area contributed by atoms with Crippen LogP contribution in [0, 0.1) is 11.8 Å². The van der Waals surface area contributed by atoms with Crippen molar-refractivity contribution in [3.8, 4) is 11.8 Å². The molecule has 5 nitrogen and oxygen atoms in total. The molecule has 0 radical (unpaired) electrons. The van der Waals surface area contributed by atoms with Crippen molar-refractivity contribution in [2.75, 3.05) is 13.2 Å². The highest BCUT2D eigenvalue weighted by Crippen LogP contribution is 1.97. The second-order valence-electron chi connectivity index (χ2n) is 2.84. The number of pyridine rings is 1. The van der Waals surface area contributed by atoms with E-state index in [1.54, 1.807) is 25.3 Å². The predicted molar refractivity (Wildman–Crippen MR) is 58.9 cm³/mol. The largest absolute Gasteiger partial charge is 0.456 e. The van der Waals surface area contributed by atoms with Crippen molar-refractivity contribution < 1.29 is 19.1 Å². The molecule has 0 spiro atoms. The molecular formula is C12H11NO4. The maximum atomic E-state index is 11.4. The average Bonchev–Trinajstić information content (AvgIpc) is 2.36. The number of hydrogen-bond acceptors (Lipinski definition) is 5. The number of ether oxygens (including phenoxy) is 2. The molecule has 0 unspecified atom stereocenters. The zero-order valence-corrected chi connectivity index (χ0v) is 9.30. The second kappa shape index (κ2) is 7.01. The van der Waals surface area contributed by atoms with Gasteiger partial charge >= 0.3 is 11.9 Å². The molecule has 17 heavy (non-hydrogen) atoms. The van der Waals surface area contributed by atoms with Crippen LogP contribution < -0.4 is 0 Å². The highest BCUT2D eigenvalue weighted by Gasteiger charge is 2.04. The lowest BCUT2D eigenvalue weighted by Gasteiger charge is -1.98. The summed E-state index contributed by atoms with van der Waals surface area (Å²) < 4.78 is 9.37. The predicted octanol–water partition coefficient (Wildman–Crippen LogP) is 0.805. The number of carbonyl (C=O) groups excluding carboxylic acids is 2. The molecular weight excluding hydrogens is 222 g/mol. The molecule has 0 N–H and O–H groups in total. The van der Waals surface area contributed by atoms with Crippen molar-refractivity contribution in [1.29, 1.82) is 0 Å². The molecule has 0 bridgehead atoms. The van der Waals surface area contributed by atoms with Crippen LogP contribution in [-0.4, -0.2) is 30.1 Å². The molecule has 0 aromatic carbocycles. The first kappa shape index (κ1) is 12.7. The monoisotopic (exact) mass is 233 g/mol. The van der Waals surface area contributed by atoms with Gasteiger partial charge in [0.05, 0.1) is 12.2 Å². The number of hydrogen-bond donors (Lipinski definition) is 0. The first-order valence-corrected chi connectivity index (χ1v) is 4.96. The topological polar surface area (TPSA) is 65.5 Å². The molecule has 5 heteroatoms. The minimum absolute atomic E-state index is 0.160. The highest BCUT2D eigenvalue weighted by molar-refractivity contribution is 5.90. The quantitative estimate of drug-likeness (QED) is 0.439. The number of nitrogens with zero attached hydrogens (tertiary/aromatic N) is 1. The van der Waals surface area contributed by atoms with Gasteiger partial charge in [0.2, 0.25) is 0 Å². The Labute approximate surface area is 98.8 Å². The summed E-state index contributed by atoms with van der Waals surface area (Å²) in [7, 11) is 0. The fourth-order valence-corrected chi connectivity index (χ4v) is 0.944. The molecule has 0 fully saturated rings. The molecule has 0 aliphatic heterocycles. The molecule has 0 saturated heterocycles. The Hall–Kier alpha value is -2.35. The minimum Gasteiger partial charge on any atom is -0.456 e. The molecule has 1 heterocycles. The average molecular weight is 233 g/mol. The molecule has 1 rings (SSSR count). The Balaban J connectivity index is 2.37. The van der Waals surface area contributed by atoms with Gasteiger partial charge in [0, 0.05) is 18.3 Å². The van der Waals surface area contributed by atoms with Crippen LogP contribution in [0.3, 0.4) is 0 Å². The summed E-state index contributed by atoms with van der Waals surface area (Å²) in [5, 5.41) is 0. The van der Waals surface area contributed by atoms with Crippen molar-refractivity contribution in [2.45, 2.75) is 6.92 Å². The SMILES string of the molecule is CCOC(=O)C#CCOC(=O)c1cccnc1. The molecule has 0 atom stereocenters. The van der Waals surface area contributed by atoms with E-state index in [1.807, 2.05) is 0 Å². The van der Waals surface area contributed by atoms with Crippen molar-refractivity contribution >= 4 is 11.9 Å². The van der Waals surface area contributed by atoms with Gasteiger partial charge in [-0.3, -0.25) is 4.98 Å². The Morgan fingerprint density at radius 1 is 1.41 bits per heavy atom. The third-order valence-corrected chi connectivity index (χ3v) is 1.64. The third-order valence-electron chi connectivity index (χ3n) is 1.64. The van der Waals surface area contributed by atoms with E-state index in [0.29, 0.717) is 5.56 Å². The van der Waals surface area contributed by atoms with Gasteiger partial charge in [-0.2, -0.15) is 0 Å². The minimum atomic E-state index is -0.634. The first-order chi connectivity index (χ1) is 8.24. The van der Waals surface area contributed by atoms with Gasteiger partial charge in [-0.1, -0.05) is 0 Å². The molecule has 0 amide bonds. The van der Waals surface area contributed by atoms with Gasteiger partial charge < -0.3 is 9.47 Å². The van der Waals surface area contributed by atoms with Gasteiger partial charge in [0.1, 0.15) is 0 Å². The Morgan fingerprint density at radius 2 is 2.24 bits per heavy atom. The third kappa shape index (κ3) is 4.80. The van der Waals surface area contributed by atoms with Crippen molar-refractivity contribution in [3.63, 3.8) is 0 Å². The number of rotatable bonds is 3. The Kier molecular flexibility index (Phi) is 5.25. The van der Waals surface area contributed by atoms with Gasteiger partial charge in [-0.05, 0) is 25.0 Å². The van der Waals surface area contributed by atoms with E-state index < -0.39 is 11.9 Å². The fraction of sp³-hybridized carbons (Fsp3) is 0.250. The van der Waals surface area contributed by atoms with Crippen molar-refractivity contribution in [3.05, 3.63) is 30.1 Å². The number of carbonyl (C=O) groups is 2. The highest BCUT2D eigenvalue weighted by atomic mass is 16.5. The lowest BCUT2D eigenvalue weighted by Crippen LogP contribution is -2.06. The number of esters is 2. The van der Waals surface area contributed by atoms with Crippen molar-refractivity contribution in [2.24, 2.45) is 0 Å². The molecule has 88 valence electrons. The summed E-state index contributed by atoms with van der Waals surface area (Å²) in [5.74, 6) is 3.40. The van der Waals surface area contributed by atoms with Crippen LogP contribution in [0.15, 0.2) is 24.5 Å². The second-order valence-corrected chi connectivity index (χ2v) is 2.84. The van der Waals surface area contributed by atoms with Crippen LogP contribution in [0.2, 0.25) is 0 Å². The molecule has 0 aliphatic rings. The zero-order valence-electron chi connectivity index (χ0n) is 9.30. The molecule has 0 saturated carbocycles. The lowest BCUT2D eigenvalue weighted by molar-refractivity contribution is -0.136. The summed E-state index contributed by atoms with van der Waals surface area (Å²) in [5.41, 5.74) is 0.338. The Morgan fingerprint density at radius 3 is 2.88 bits per heavy atom. The zero-order chi connectivity index (χ0) is 12.5. The summed E-state index contributed by atoms with van der Waals surface area (Å²) in [4.78, 5) is 26.0. The summed E-state index contributed by atoms with van der Waals surface area (Å²) in [6.07, 6.45) is 2.94. The van der Waals surface area contributed by atoms with Gasteiger partial charge in [-0.25, -0.2) is 9.59 Å². The van der Waals surface area contributed by atoms with Crippen molar-refractivity contribution in [1.82, 2.24) is 4.98 Å². The molecule has 1 aromatic heterocycles. The first-order valence-electron chi connectivity index (χ1n) is 4.96. The molecule has 0 aliphatic carbocycles. The van der Waals surface area contributed by atoms with Gasteiger partial charge in [0.25, 0.3) is 0 Å². The summed E-state index contributed by atoms with van der Waals surface area (Å²) in [6, 6.07) is 3.20. The molecule has 1 aromatic rings. The standard InChI is InChI=1S/C12H11NO4/c1-2-16-11(14)6-4-8-17-12(15)10-5-3-7-13-9-10/h3,5,7,9H,2,8H2,1H3. The van der Waals surface area contributed by atoms with Crippen LogP contribution >= 0.6 is 0 Å². The maximum absolute atomic E-state index is 11.4. The van der Waals surface area contributed by atoms with E-state index in [0.717, 1.165) is 0 Å². The Bertz CT molecular complexity index is 445. The fourth-order valence-electron chi connectivity index (χ4n) is 0.944. The van der Waals surface area contributed by atoms with Crippen LogP contribution in [0.25, 0.3) is 0 Å². The van der Waals surface area contributed by atoms with Crippen LogP contribution in [0.5, 0.6) is 0 Å². The van der Waals surface area contributed by atoms with E-state index in [1.165, 1.54) is 6.20 Å². The smallest absolute Gasteiger partial charge is 0.384 e. The van der Waals surface area contributed by atoms with E-state index in [-0.39, 0.29) is 13.2 Å².